The summed E-state index contributed by atoms with van der Waals surface area (Å²) in [5.74, 6) is 0. The minimum atomic E-state index is -0.511. The van der Waals surface area contributed by atoms with Crippen LogP contribution in [0, 0.1) is 0 Å². The molecule has 0 saturated carbocycles. The number of rotatable bonds is 7. The molecular weight excluding hydrogens is 815 g/mol. The monoisotopic (exact) mass is 859 g/mol. The summed E-state index contributed by atoms with van der Waals surface area (Å²) in [4.78, 5) is 2.52. The highest BCUT2D eigenvalue weighted by molar-refractivity contribution is 7.25. The molecule has 0 N–H and O–H groups in total. The van der Waals surface area contributed by atoms with Crippen molar-refractivity contribution in [2.45, 2.75) is 24.7 Å². The van der Waals surface area contributed by atoms with Crippen LogP contribution in [0.1, 0.15) is 47.2 Å². The summed E-state index contributed by atoms with van der Waals surface area (Å²) in [5, 5.41) is 2.63. The molecule has 1 heterocycles. The molecule has 0 aliphatic heterocycles. The lowest BCUT2D eigenvalue weighted by atomic mass is 9.68. The highest BCUT2D eigenvalue weighted by Crippen LogP contribution is 2.60. The zero-order valence-electron chi connectivity index (χ0n) is 36.9. The second kappa shape index (κ2) is 14.9. The Morgan fingerprint density at radius 3 is 1.65 bits per heavy atom. The van der Waals surface area contributed by atoms with Crippen molar-refractivity contribution in [3.8, 4) is 44.5 Å². The summed E-state index contributed by atoms with van der Waals surface area (Å²) >= 11 is 1.87. The number of anilines is 3. The molecule has 0 fully saturated rings. The van der Waals surface area contributed by atoms with Gasteiger partial charge >= 0.3 is 0 Å². The van der Waals surface area contributed by atoms with Crippen molar-refractivity contribution in [1.82, 2.24) is 0 Å². The van der Waals surface area contributed by atoms with Crippen molar-refractivity contribution >= 4 is 48.6 Å². The fourth-order valence-electron chi connectivity index (χ4n) is 11.5. The Balaban J connectivity index is 1.02. The first-order valence-electron chi connectivity index (χ1n) is 23.0. The number of benzene rings is 10. The zero-order chi connectivity index (χ0) is 44.0. The smallest absolute Gasteiger partial charge is 0.0714 e. The first-order valence-corrected chi connectivity index (χ1v) is 23.8. The molecule has 2 heteroatoms. The summed E-state index contributed by atoms with van der Waals surface area (Å²) in [5.41, 5.74) is 20.6. The van der Waals surface area contributed by atoms with Crippen molar-refractivity contribution in [2.24, 2.45) is 0 Å². The van der Waals surface area contributed by atoms with Crippen LogP contribution >= 0.6 is 11.3 Å². The molecule has 11 aromatic rings. The maximum atomic E-state index is 2.52. The van der Waals surface area contributed by atoms with Crippen LogP contribution in [0.5, 0.6) is 0 Å². The molecule has 66 heavy (non-hydrogen) atoms. The van der Waals surface area contributed by atoms with Gasteiger partial charge in [0.25, 0.3) is 0 Å². The predicted octanol–water partition coefficient (Wildman–Crippen LogP) is 17.5. The second-order valence-electron chi connectivity index (χ2n) is 18.4. The molecule has 0 atom stereocenters. The molecule has 0 bridgehead atoms. The van der Waals surface area contributed by atoms with Gasteiger partial charge in [-0.3, -0.25) is 0 Å². The van der Waals surface area contributed by atoms with Gasteiger partial charge in [0.1, 0.15) is 0 Å². The van der Waals surface area contributed by atoms with Gasteiger partial charge < -0.3 is 4.90 Å². The molecule has 2 aliphatic rings. The normalized spacial score (nSPS) is 13.8. The topological polar surface area (TPSA) is 3.24 Å². The summed E-state index contributed by atoms with van der Waals surface area (Å²) in [6.45, 7) is 4.79. The minimum Gasteiger partial charge on any atom is -0.310 e. The van der Waals surface area contributed by atoms with Gasteiger partial charge in [-0.15, -0.1) is 11.3 Å². The third kappa shape index (κ3) is 5.71. The van der Waals surface area contributed by atoms with Crippen LogP contribution in [0.3, 0.4) is 0 Å². The first-order chi connectivity index (χ1) is 32.5. The molecule has 0 spiro atoms. The molecule has 1 aromatic heterocycles. The number of fused-ring (bicyclic) bond motifs is 9. The summed E-state index contributed by atoms with van der Waals surface area (Å²) in [6, 6.07) is 88.3. The molecule has 0 radical (unpaired) electrons. The third-order valence-electron chi connectivity index (χ3n) is 14.6. The lowest BCUT2D eigenvalue weighted by molar-refractivity contribution is 0.660. The summed E-state index contributed by atoms with van der Waals surface area (Å²) in [6.07, 6.45) is 0. The maximum Gasteiger partial charge on any atom is 0.0714 e. The van der Waals surface area contributed by atoms with Gasteiger partial charge in [-0.05, 0) is 127 Å². The molecular formula is C64H45NS. The van der Waals surface area contributed by atoms with E-state index in [1.165, 1.54) is 98.1 Å². The van der Waals surface area contributed by atoms with Gasteiger partial charge in [0.05, 0.1) is 11.1 Å². The fraction of sp³-hybridized carbons (Fsp3) is 0.0625. The van der Waals surface area contributed by atoms with Crippen LogP contribution in [0.4, 0.5) is 17.1 Å². The van der Waals surface area contributed by atoms with E-state index in [2.05, 4.69) is 255 Å². The van der Waals surface area contributed by atoms with Crippen molar-refractivity contribution in [3.63, 3.8) is 0 Å². The van der Waals surface area contributed by atoms with Gasteiger partial charge in [-0.2, -0.15) is 0 Å². The number of nitrogens with zero attached hydrogens (tertiary/aromatic N) is 1. The van der Waals surface area contributed by atoms with E-state index < -0.39 is 5.41 Å². The van der Waals surface area contributed by atoms with Crippen LogP contribution in [0.25, 0.3) is 64.7 Å². The second-order valence-corrected chi connectivity index (χ2v) is 19.5. The highest BCUT2D eigenvalue weighted by Gasteiger charge is 2.47. The van der Waals surface area contributed by atoms with Gasteiger partial charge in [0.15, 0.2) is 0 Å². The summed E-state index contributed by atoms with van der Waals surface area (Å²) in [7, 11) is 0. The first kappa shape index (κ1) is 38.7. The Hall–Kier alpha value is -7.78. The fourth-order valence-corrected chi connectivity index (χ4v) is 12.6. The van der Waals surface area contributed by atoms with Crippen LogP contribution < -0.4 is 4.90 Å². The predicted molar refractivity (Wildman–Crippen MR) is 280 cm³/mol. The SMILES string of the molecule is CC1(C)c2cc(-c3ccccc3)ccc2-c2ccc(N(c3ccc(-c4ccc5sc6ccccc6c5c4)cc3)c3cccc4c3-c3ccccc3C4(c3ccccc3)c3ccccc3)cc21. The third-order valence-corrected chi connectivity index (χ3v) is 15.7. The molecule has 312 valence electrons. The van der Waals surface area contributed by atoms with Gasteiger partial charge in [-0.25, -0.2) is 0 Å². The molecule has 0 amide bonds. The van der Waals surface area contributed by atoms with Gasteiger partial charge in [0.2, 0.25) is 0 Å². The Labute approximate surface area is 390 Å². The molecule has 0 saturated heterocycles. The largest absolute Gasteiger partial charge is 0.310 e. The lowest BCUT2D eigenvalue weighted by Crippen LogP contribution is -2.28. The average Bonchev–Trinajstić information content (AvgIpc) is 3.98. The van der Waals surface area contributed by atoms with Crippen molar-refractivity contribution < 1.29 is 0 Å². The van der Waals surface area contributed by atoms with E-state index in [1.54, 1.807) is 0 Å². The van der Waals surface area contributed by atoms with E-state index in [1.807, 2.05) is 11.3 Å². The zero-order valence-corrected chi connectivity index (χ0v) is 37.7. The van der Waals surface area contributed by atoms with Crippen molar-refractivity contribution in [3.05, 3.63) is 270 Å². The van der Waals surface area contributed by atoms with E-state index in [-0.39, 0.29) is 5.41 Å². The Bertz CT molecular complexity index is 3620. The number of thiophene rings is 1. The van der Waals surface area contributed by atoms with E-state index in [4.69, 9.17) is 0 Å². The summed E-state index contributed by atoms with van der Waals surface area (Å²) < 4.78 is 2.65. The Morgan fingerprint density at radius 1 is 0.348 bits per heavy atom. The minimum absolute atomic E-state index is 0.216. The highest BCUT2D eigenvalue weighted by atomic mass is 32.1. The average molecular weight is 860 g/mol. The molecule has 10 aromatic carbocycles. The number of hydrogen-bond donors (Lipinski definition) is 0. The van der Waals surface area contributed by atoms with Crippen molar-refractivity contribution in [1.29, 1.82) is 0 Å². The quantitative estimate of drug-likeness (QED) is 0.154. The molecule has 2 aliphatic carbocycles. The standard InChI is InChI=1S/C64H45NS/c1-63(2)57-40-45(42-17-6-3-7-18-42)31-36-50(57)51-37-35-49(41-58(51)63)65(48-33-29-43(30-34-48)44-32-38-61-54(39-44)52-23-13-15-28-60(52)66-61)59-27-16-26-56-62(59)53-24-12-14-25-55(53)64(56,46-19-8-4-9-20-46)47-21-10-5-11-22-47/h3-41H,1-2H3. The van der Waals surface area contributed by atoms with Gasteiger partial charge in [-0.1, -0.05) is 196 Å². The van der Waals surface area contributed by atoms with E-state index in [0.29, 0.717) is 0 Å². The molecule has 13 rings (SSSR count). The van der Waals surface area contributed by atoms with E-state index >= 15 is 0 Å². The van der Waals surface area contributed by atoms with E-state index in [0.717, 1.165) is 17.1 Å². The Morgan fingerprint density at radius 2 is 0.894 bits per heavy atom. The van der Waals surface area contributed by atoms with Crippen LogP contribution in [-0.2, 0) is 10.8 Å². The van der Waals surface area contributed by atoms with Crippen LogP contribution in [0.2, 0.25) is 0 Å². The molecule has 1 nitrogen and oxygen atoms in total. The number of hydrogen-bond acceptors (Lipinski definition) is 2. The van der Waals surface area contributed by atoms with Crippen molar-refractivity contribution in [2.75, 3.05) is 4.90 Å². The maximum absolute atomic E-state index is 2.52. The molecule has 0 unspecified atom stereocenters. The lowest BCUT2D eigenvalue weighted by Gasteiger charge is -2.34. The van der Waals surface area contributed by atoms with E-state index in [9.17, 15) is 0 Å². The van der Waals surface area contributed by atoms with Crippen LogP contribution in [0.15, 0.2) is 237 Å². The van der Waals surface area contributed by atoms with Crippen LogP contribution in [-0.4, -0.2) is 0 Å². The van der Waals surface area contributed by atoms with Gasteiger partial charge in [0, 0.05) is 42.5 Å². The Kier molecular flexibility index (Phi) is 8.72.